The van der Waals surface area contributed by atoms with Gasteiger partial charge < -0.3 is 14.9 Å². The molecule has 1 aliphatic rings. The number of aryl methyl sites for hydroxylation is 1. The first-order valence-corrected chi connectivity index (χ1v) is 11.6. The van der Waals surface area contributed by atoms with Gasteiger partial charge in [-0.25, -0.2) is 14.2 Å². The fraction of sp³-hybridized carbons (Fsp3) is 0.750. The van der Waals surface area contributed by atoms with Crippen molar-refractivity contribution < 1.29 is 19.5 Å². The topological polar surface area (TPSA) is 108 Å². The average Bonchev–Trinajstić information content (AvgIpc) is 2.80. The summed E-state index contributed by atoms with van der Waals surface area (Å²) >= 11 is 0. The molecule has 1 saturated heterocycles. The first-order valence-electron chi connectivity index (χ1n) is 8.58. The van der Waals surface area contributed by atoms with Gasteiger partial charge >= 0.3 is 11.4 Å². The van der Waals surface area contributed by atoms with Gasteiger partial charge in [0, 0.05) is 0 Å². The average molecular weight is 374 g/mol. The molecule has 1 fully saturated rings. The van der Waals surface area contributed by atoms with Crippen LogP contribution in [0.15, 0.2) is 15.9 Å². The lowest BCUT2D eigenvalue weighted by molar-refractivity contribution is -0.719. The monoisotopic (exact) mass is 374 g/mol. The van der Waals surface area contributed by atoms with Gasteiger partial charge in [-0.1, -0.05) is 13.3 Å². The zero-order valence-corrected chi connectivity index (χ0v) is 16.0. The molecule has 8 nitrogen and oxygen atoms in total. The quantitative estimate of drug-likeness (QED) is 0.434. The van der Waals surface area contributed by atoms with Crippen LogP contribution in [0.2, 0.25) is 0 Å². The van der Waals surface area contributed by atoms with E-state index in [9.17, 15) is 19.8 Å². The number of nitrogens with one attached hydrogen (secondary N) is 1. The number of aliphatic hydroxyl groups is 2. The summed E-state index contributed by atoms with van der Waals surface area (Å²) in [5.74, 6) is 0. The van der Waals surface area contributed by atoms with Gasteiger partial charge in [0.25, 0.3) is 0 Å². The second-order valence-electron chi connectivity index (χ2n) is 7.30. The van der Waals surface area contributed by atoms with Crippen molar-refractivity contribution in [3.8, 4) is 0 Å². The van der Waals surface area contributed by atoms with E-state index < -0.39 is 42.8 Å². The minimum Gasteiger partial charge on any atom is -0.387 e. The summed E-state index contributed by atoms with van der Waals surface area (Å²) in [6, 6.07) is 0. The predicted molar refractivity (Wildman–Crippen MR) is 97.7 cm³/mol. The molecule has 0 aromatic carbocycles. The van der Waals surface area contributed by atoms with Gasteiger partial charge in [-0.2, -0.15) is 9.55 Å². The minimum atomic E-state index is -1.29. The molecule has 142 valence electrons. The van der Waals surface area contributed by atoms with E-state index in [4.69, 9.17) is 4.74 Å². The summed E-state index contributed by atoms with van der Waals surface area (Å²) < 4.78 is 8.29. The minimum absolute atomic E-state index is 0.459. The summed E-state index contributed by atoms with van der Waals surface area (Å²) in [4.78, 5) is 26.3. The molecule has 1 aromatic rings. The van der Waals surface area contributed by atoms with Crippen LogP contribution in [0.3, 0.4) is 0 Å². The predicted octanol–water partition coefficient (Wildman–Crippen LogP) is -0.657. The molecule has 9 heteroatoms. The summed E-state index contributed by atoms with van der Waals surface area (Å²) in [6.07, 6.45) is 4.64. The molecule has 2 heterocycles. The molecule has 1 unspecified atom stereocenters. The highest BCUT2D eigenvalue weighted by Crippen LogP contribution is 2.39. The lowest BCUT2D eigenvalue weighted by atomic mass is 10.1. The van der Waals surface area contributed by atoms with Gasteiger partial charge in [-0.05, 0) is 32.3 Å². The molecule has 1 aromatic heterocycles. The molecule has 0 aliphatic carbocycles. The van der Waals surface area contributed by atoms with E-state index >= 15 is 0 Å². The Bertz CT molecular complexity index is 753. The lowest BCUT2D eigenvalue weighted by Crippen LogP contribution is -2.57. The third-order valence-electron chi connectivity index (χ3n) is 4.36. The highest BCUT2D eigenvalue weighted by molar-refractivity contribution is 7.72. The maximum Gasteiger partial charge on any atom is 0.448 e. The van der Waals surface area contributed by atoms with Crippen LogP contribution in [0.25, 0.3) is 0 Å². The number of H-pyrrole nitrogens is 1. The fourth-order valence-corrected chi connectivity index (χ4v) is 3.78. The number of aliphatic hydroxyl groups excluding tert-OH is 2. The molecule has 4 atom stereocenters. The van der Waals surface area contributed by atoms with Crippen molar-refractivity contribution in [1.82, 2.24) is 9.55 Å². The van der Waals surface area contributed by atoms with E-state index in [-0.39, 0.29) is 0 Å². The first kappa shape index (κ1) is 20.1. The lowest BCUT2D eigenvalue weighted by Gasteiger charge is -2.18. The summed E-state index contributed by atoms with van der Waals surface area (Å²) in [5.41, 5.74) is -1.16. The van der Waals surface area contributed by atoms with Crippen molar-refractivity contribution in [2.24, 2.45) is 0 Å². The van der Waals surface area contributed by atoms with Crippen LogP contribution in [0.1, 0.15) is 32.4 Å². The van der Waals surface area contributed by atoms with Crippen molar-refractivity contribution in [2.45, 2.75) is 57.3 Å². The second kappa shape index (κ2) is 7.99. The molecule has 0 saturated carbocycles. The van der Waals surface area contributed by atoms with Crippen LogP contribution >= 0.6 is 6.89 Å². The molecule has 0 radical (unpaired) electrons. The van der Waals surface area contributed by atoms with Gasteiger partial charge in [0.05, 0.1) is 12.6 Å². The van der Waals surface area contributed by atoms with Gasteiger partial charge in [0.15, 0.2) is 0 Å². The Hall–Kier alpha value is -1.21. The number of aromatic nitrogens is 3. The molecular weight excluding hydrogens is 345 g/mol. The maximum atomic E-state index is 12.1. The standard InChI is InChI=1S/C16H28N3O5P/c1-5-6-8-18-10-19(16(23)17-15(18)22)14-13(21)12(20)11(24-14)7-9-25(2,3)4/h10-14,20-21H,2,5-9H2,1,3-4H3/p+1/t11-,12-,13-,14?/m1/s1. The van der Waals surface area contributed by atoms with Crippen molar-refractivity contribution >= 4 is 13.2 Å². The fourth-order valence-electron chi connectivity index (χ4n) is 2.83. The van der Waals surface area contributed by atoms with E-state index in [1.54, 1.807) is 0 Å². The Labute approximate surface area is 147 Å². The van der Waals surface area contributed by atoms with Gasteiger partial charge in [0.1, 0.15) is 12.2 Å². The number of aromatic amines is 1. The molecular formula is C16H29N3O5P+. The maximum absolute atomic E-state index is 12.1. The number of rotatable bonds is 7. The van der Waals surface area contributed by atoms with Crippen LogP contribution in [0, 0.1) is 0 Å². The molecule has 1 aliphatic heterocycles. The molecule has 25 heavy (non-hydrogen) atoms. The largest absolute Gasteiger partial charge is 0.448 e. The Balaban J connectivity index is 2.24. The Kier molecular flexibility index (Phi) is 6.43. The summed E-state index contributed by atoms with van der Waals surface area (Å²) in [7, 11) is 0. The van der Waals surface area contributed by atoms with Gasteiger partial charge in [0.2, 0.25) is 12.6 Å². The highest BCUT2D eigenvalue weighted by atomic mass is 31.2. The first-order chi connectivity index (χ1) is 11.6. The number of hydrogen-bond acceptors (Lipinski definition) is 5. The van der Waals surface area contributed by atoms with Crippen LogP contribution in [-0.4, -0.2) is 63.9 Å². The molecule has 0 spiro atoms. The Morgan fingerprint density at radius 1 is 1.36 bits per heavy atom. The zero-order valence-electron chi connectivity index (χ0n) is 15.1. The SMILES string of the molecule is C=P(C)(C)CC[C@H]1OC(n2c[n+](CCCC)c(=O)[nH]c2=O)[C@H](O)[C@@H]1O. The molecule has 3 N–H and O–H groups in total. The van der Waals surface area contributed by atoms with Crippen molar-refractivity contribution in [2.75, 3.05) is 19.5 Å². The summed E-state index contributed by atoms with van der Waals surface area (Å²) in [6.45, 7) is 5.35. The Morgan fingerprint density at radius 3 is 2.64 bits per heavy atom. The van der Waals surface area contributed by atoms with Crippen molar-refractivity contribution in [1.29, 1.82) is 0 Å². The van der Waals surface area contributed by atoms with Crippen LogP contribution in [-0.2, 0) is 11.3 Å². The van der Waals surface area contributed by atoms with E-state index in [2.05, 4.69) is 24.6 Å². The Morgan fingerprint density at radius 2 is 2.04 bits per heavy atom. The third kappa shape index (κ3) is 4.91. The third-order valence-corrected chi connectivity index (χ3v) is 5.82. The van der Waals surface area contributed by atoms with Crippen LogP contribution < -0.4 is 15.9 Å². The van der Waals surface area contributed by atoms with Crippen LogP contribution in [0.5, 0.6) is 0 Å². The van der Waals surface area contributed by atoms with Crippen LogP contribution in [0.4, 0.5) is 0 Å². The second-order valence-corrected chi connectivity index (χ2v) is 11.6. The molecule has 0 amide bonds. The molecule has 2 rings (SSSR count). The van der Waals surface area contributed by atoms with E-state index in [1.807, 2.05) is 6.92 Å². The van der Waals surface area contributed by atoms with E-state index in [1.165, 1.54) is 10.9 Å². The number of nitrogens with zero attached hydrogens (tertiary/aromatic N) is 2. The van der Waals surface area contributed by atoms with Crippen molar-refractivity contribution in [3.63, 3.8) is 0 Å². The van der Waals surface area contributed by atoms with Gasteiger partial charge in [-0.15, -0.1) is 13.2 Å². The normalized spacial score (nSPS) is 26.9. The number of hydrogen-bond donors (Lipinski definition) is 3. The van der Waals surface area contributed by atoms with Gasteiger partial charge in [-0.3, -0.25) is 0 Å². The van der Waals surface area contributed by atoms with E-state index in [0.29, 0.717) is 13.0 Å². The van der Waals surface area contributed by atoms with E-state index in [0.717, 1.165) is 23.6 Å². The zero-order chi connectivity index (χ0) is 18.8. The smallest absolute Gasteiger partial charge is 0.387 e. The molecule has 0 bridgehead atoms. The van der Waals surface area contributed by atoms with Crippen molar-refractivity contribution in [3.05, 3.63) is 27.3 Å². The summed E-state index contributed by atoms with van der Waals surface area (Å²) in [5, 5.41) is 20.6. The number of ether oxygens (including phenoxy) is 1. The highest BCUT2D eigenvalue weighted by Gasteiger charge is 2.46. The number of unbranched alkanes of at least 4 members (excludes halogenated alkanes) is 1.